The summed E-state index contributed by atoms with van der Waals surface area (Å²) in [5, 5.41) is 0. The molecule has 0 amide bonds. The van der Waals surface area contributed by atoms with Gasteiger partial charge in [0.1, 0.15) is 0 Å². The molecule has 0 atom stereocenters. The fourth-order valence-electron chi connectivity index (χ4n) is 2.76. The lowest BCUT2D eigenvalue weighted by molar-refractivity contribution is 0.389. The molecule has 2 nitrogen and oxygen atoms in total. The number of hydrogen-bond acceptors (Lipinski definition) is 2. The summed E-state index contributed by atoms with van der Waals surface area (Å²) < 4.78 is 5.39. The van der Waals surface area contributed by atoms with E-state index in [1.807, 2.05) is 12.3 Å². The number of aromatic nitrogens is 1. The largest absolute Gasteiger partial charge is 0.481 e. The summed E-state index contributed by atoms with van der Waals surface area (Å²) in [4.78, 5) is 4.46. The van der Waals surface area contributed by atoms with Crippen LogP contribution in [0, 0.1) is 0 Å². The van der Waals surface area contributed by atoms with E-state index in [1.165, 1.54) is 35.1 Å². The first-order chi connectivity index (χ1) is 8.90. The Labute approximate surface area is 108 Å². The number of rotatable bonds is 2. The van der Waals surface area contributed by atoms with Crippen molar-refractivity contribution >= 4 is 0 Å². The molecule has 0 fully saturated rings. The van der Waals surface area contributed by atoms with Crippen LogP contribution in [0.5, 0.6) is 5.88 Å². The number of hydrogen-bond donors (Lipinski definition) is 0. The molecule has 0 saturated carbocycles. The average molecular weight is 239 g/mol. The lowest BCUT2D eigenvalue weighted by Crippen LogP contribution is -2.08. The van der Waals surface area contributed by atoms with E-state index >= 15 is 0 Å². The van der Waals surface area contributed by atoms with Gasteiger partial charge in [-0.15, -0.1) is 0 Å². The Balaban J connectivity index is 2.17. The van der Waals surface area contributed by atoms with Crippen molar-refractivity contribution in [3.8, 4) is 17.0 Å². The van der Waals surface area contributed by atoms with Gasteiger partial charge < -0.3 is 4.74 Å². The highest BCUT2D eigenvalue weighted by Crippen LogP contribution is 2.35. The topological polar surface area (TPSA) is 22.1 Å². The fraction of sp³-hybridized carbons (Fsp3) is 0.312. The summed E-state index contributed by atoms with van der Waals surface area (Å²) in [7, 11) is 1.71. The SMILES string of the molecule is COc1ncc(-c2ccccc2)c2c1CCCC2. The zero-order chi connectivity index (χ0) is 12.4. The molecular formula is C16H17NO. The van der Waals surface area contributed by atoms with E-state index in [-0.39, 0.29) is 0 Å². The molecule has 0 saturated heterocycles. The Morgan fingerprint density at radius 1 is 1.00 bits per heavy atom. The molecule has 92 valence electrons. The van der Waals surface area contributed by atoms with Gasteiger partial charge in [0, 0.05) is 17.3 Å². The van der Waals surface area contributed by atoms with Crippen molar-refractivity contribution in [1.29, 1.82) is 0 Å². The zero-order valence-corrected chi connectivity index (χ0v) is 10.6. The van der Waals surface area contributed by atoms with E-state index in [0.29, 0.717) is 0 Å². The lowest BCUT2D eigenvalue weighted by atomic mass is 9.87. The summed E-state index contributed by atoms with van der Waals surface area (Å²) in [6.45, 7) is 0. The van der Waals surface area contributed by atoms with E-state index in [9.17, 15) is 0 Å². The lowest BCUT2D eigenvalue weighted by Gasteiger charge is -2.21. The van der Waals surface area contributed by atoms with E-state index in [1.54, 1.807) is 7.11 Å². The van der Waals surface area contributed by atoms with Crippen LogP contribution in [0.25, 0.3) is 11.1 Å². The molecule has 1 aromatic carbocycles. The van der Waals surface area contributed by atoms with Gasteiger partial charge in [0.2, 0.25) is 5.88 Å². The highest BCUT2D eigenvalue weighted by Gasteiger charge is 2.19. The third kappa shape index (κ3) is 1.88. The van der Waals surface area contributed by atoms with Crippen LogP contribution in [-0.4, -0.2) is 12.1 Å². The van der Waals surface area contributed by atoms with Crippen LogP contribution < -0.4 is 4.74 Å². The number of methoxy groups -OCH3 is 1. The fourth-order valence-corrected chi connectivity index (χ4v) is 2.76. The van der Waals surface area contributed by atoms with Crippen molar-refractivity contribution in [1.82, 2.24) is 4.98 Å². The average Bonchev–Trinajstić information content (AvgIpc) is 2.47. The zero-order valence-electron chi connectivity index (χ0n) is 10.6. The van der Waals surface area contributed by atoms with Gasteiger partial charge in [-0.05, 0) is 36.8 Å². The van der Waals surface area contributed by atoms with Crippen LogP contribution in [0.1, 0.15) is 24.0 Å². The van der Waals surface area contributed by atoms with Gasteiger partial charge >= 0.3 is 0 Å². The van der Waals surface area contributed by atoms with Crippen LogP contribution in [0.4, 0.5) is 0 Å². The minimum absolute atomic E-state index is 0.810. The van der Waals surface area contributed by atoms with Gasteiger partial charge in [-0.1, -0.05) is 30.3 Å². The molecule has 3 rings (SSSR count). The van der Waals surface area contributed by atoms with E-state index in [4.69, 9.17) is 4.74 Å². The summed E-state index contributed by atoms with van der Waals surface area (Å²) in [5.41, 5.74) is 5.27. The van der Waals surface area contributed by atoms with Crippen molar-refractivity contribution < 1.29 is 4.74 Å². The number of pyridine rings is 1. The second kappa shape index (κ2) is 4.81. The third-order valence-corrected chi connectivity index (χ3v) is 3.64. The van der Waals surface area contributed by atoms with Gasteiger partial charge in [0.15, 0.2) is 0 Å². The van der Waals surface area contributed by atoms with Crippen LogP contribution >= 0.6 is 0 Å². The van der Waals surface area contributed by atoms with Gasteiger partial charge in [0.25, 0.3) is 0 Å². The molecule has 18 heavy (non-hydrogen) atoms. The molecule has 1 heterocycles. The molecule has 0 radical (unpaired) electrons. The highest BCUT2D eigenvalue weighted by atomic mass is 16.5. The first-order valence-electron chi connectivity index (χ1n) is 6.50. The Kier molecular flexibility index (Phi) is 3.01. The maximum Gasteiger partial charge on any atom is 0.216 e. The smallest absolute Gasteiger partial charge is 0.216 e. The molecule has 2 heteroatoms. The Morgan fingerprint density at radius 2 is 1.72 bits per heavy atom. The van der Waals surface area contributed by atoms with Crippen LogP contribution in [-0.2, 0) is 12.8 Å². The maximum absolute atomic E-state index is 5.39. The molecule has 0 unspecified atom stereocenters. The standard InChI is InChI=1S/C16H17NO/c1-18-16-14-10-6-5-9-13(14)15(11-17-16)12-7-3-2-4-8-12/h2-4,7-8,11H,5-6,9-10H2,1H3. The second-order valence-corrected chi connectivity index (χ2v) is 4.71. The molecule has 1 aromatic heterocycles. The number of nitrogens with zero attached hydrogens (tertiary/aromatic N) is 1. The molecular weight excluding hydrogens is 222 g/mol. The van der Waals surface area contributed by atoms with Crippen LogP contribution in [0.3, 0.4) is 0 Å². The molecule has 1 aliphatic carbocycles. The number of benzene rings is 1. The van der Waals surface area contributed by atoms with Crippen molar-refractivity contribution in [3.63, 3.8) is 0 Å². The minimum atomic E-state index is 0.810. The van der Waals surface area contributed by atoms with Gasteiger partial charge in [-0.25, -0.2) is 4.98 Å². The monoisotopic (exact) mass is 239 g/mol. The minimum Gasteiger partial charge on any atom is -0.481 e. The van der Waals surface area contributed by atoms with Gasteiger partial charge in [-0.2, -0.15) is 0 Å². The summed E-state index contributed by atoms with van der Waals surface area (Å²) in [6.07, 6.45) is 6.69. The molecule has 2 aromatic rings. The van der Waals surface area contributed by atoms with Crippen molar-refractivity contribution in [2.75, 3.05) is 7.11 Å². The molecule has 0 bridgehead atoms. The predicted molar refractivity (Wildman–Crippen MR) is 72.9 cm³/mol. The van der Waals surface area contributed by atoms with E-state index in [2.05, 4.69) is 29.2 Å². The highest BCUT2D eigenvalue weighted by molar-refractivity contribution is 5.69. The third-order valence-electron chi connectivity index (χ3n) is 3.64. The molecule has 0 aliphatic heterocycles. The Hall–Kier alpha value is -1.83. The summed E-state index contributed by atoms with van der Waals surface area (Å²) in [5.74, 6) is 0.810. The number of ether oxygens (including phenoxy) is 1. The molecule has 0 N–H and O–H groups in total. The molecule has 1 aliphatic rings. The molecule has 0 spiro atoms. The van der Waals surface area contributed by atoms with Gasteiger partial charge in [-0.3, -0.25) is 0 Å². The van der Waals surface area contributed by atoms with Crippen molar-refractivity contribution in [2.45, 2.75) is 25.7 Å². The summed E-state index contributed by atoms with van der Waals surface area (Å²) >= 11 is 0. The van der Waals surface area contributed by atoms with Crippen LogP contribution in [0.2, 0.25) is 0 Å². The van der Waals surface area contributed by atoms with E-state index in [0.717, 1.165) is 18.7 Å². The number of fused-ring (bicyclic) bond motifs is 1. The normalized spacial score (nSPS) is 14.1. The Bertz CT molecular complexity index is 549. The van der Waals surface area contributed by atoms with Crippen molar-refractivity contribution in [2.24, 2.45) is 0 Å². The Morgan fingerprint density at radius 3 is 2.44 bits per heavy atom. The van der Waals surface area contributed by atoms with Crippen molar-refractivity contribution in [3.05, 3.63) is 47.7 Å². The predicted octanol–water partition coefficient (Wildman–Crippen LogP) is 3.64. The van der Waals surface area contributed by atoms with E-state index < -0.39 is 0 Å². The maximum atomic E-state index is 5.39. The quantitative estimate of drug-likeness (QED) is 0.798. The van der Waals surface area contributed by atoms with Gasteiger partial charge in [0.05, 0.1) is 7.11 Å². The first kappa shape index (κ1) is 11.3. The first-order valence-corrected chi connectivity index (χ1v) is 6.50. The van der Waals surface area contributed by atoms with Crippen LogP contribution in [0.15, 0.2) is 36.5 Å². The second-order valence-electron chi connectivity index (χ2n) is 4.71. The summed E-state index contributed by atoms with van der Waals surface area (Å²) in [6, 6.07) is 10.5.